The summed E-state index contributed by atoms with van der Waals surface area (Å²) in [5.41, 5.74) is 3.63. The van der Waals surface area contributed by atoms with Gasteiger partial charge in [-0.2, -0.15) is 0 Å². The van der Waals surface area contributed by atoms with Crippen LogP contribution in [0, 0.1) is 6.92 Å². The molecule has 1 saturated heterocycles. The lowest BCUT2D eigenvalue weighted by atomic mass is 10.2. The standard InChI is InChI=1S/C22H23N5O/c1-17-6-5-9-19(16-17)26-12-14-27(15-13-26)22-23-11-10-20(25-22)21(28)24-18-7-3-2-4-8-18/h2-11,16H,12-15H2,1H3,(H,24,28). The summed E-state index contributed by atoms with van der Waals surface area (Å²) in [7, 11) is 0. The van der Waals surface area contributed by atoms with Gasteiger partial charge in [0.1, 0.15) is 5.69 Å². The molecule has 1 aliphatic heterocycles. The van der Waals surface area contributed by atoms with Gasteiger partial charge in [0.05, 0.1) is 0 Å². The summed E-state index contributed by atoms with van der Waals surface area (Å²) < 4.78 is 0. The van der Waals surface area contributed by atoms with Gasteiger partial charge in [-0.15, -0.1) is 0 Å². The number of carbonyl (C=O) groups excluding carboxylic acids is 1. The Hall–Kier alpha value is -3.41. The van der Waals surface area contributed by atoms with Crippen LogP contribution in [0.2, 0.25) is 0 Å². The summed E-state index contributed by atoms with van der Waals surface area (Å²) in [4.78, 5) is 25.9. The lowest BCUT2D eigenvalue weighted by Crippen LogP contribution is -2.47. The van der Waals surface area contributed by atoms with Crippen molar-refractivity contribution in [2.45, 2.75) is 6.92 Å². The Morgan fingerprint density at radius 3 is 2.43 bits per heavy atom. The molecule has 0 aliphatic carbocycles. The van der Waals surface area contributed by atoms with Crippen molar-refractivity contribution >= 4 is 23.2 Å². The van der Waals surface area contributed by atoms with Gasteiger partial charge in [-0.25, -0.2) is 9.97 Å². The Balaban J connectivity index is 1.42. The molecule has 0 unspecified atom stereocenters. The first-order valence-electron chi connectivity index (χ1n) is 9.45. The highest BCUT2D eigenvalue weighted by molar-refractivity contribution is 6.02. The molecule has 0 bridgehead atoms. The van der Waals surface area contributed by atoms with E-state index < -0.39 is 0 Å². The van der Waals surface area contributed by atoms with E-state index in [1.165, 1.54) is 11.3 Å². The number of amides is 1. The third-order valence-corrected chi connectivity index (χ3v) is 4.84. The van der Waals surface area contributed by atoms with E-state index in [0.717, 1.165) is 31.9 Å². The molecule has 142 valence electrons. The van der Waals surface area contributed by atoms with Crippen LogP contribution >= 0.6 is 0 Å². The van der Waals surface area contributed by atoms with Crippen molar-refractivity contribution in [2.75, 3.05) is 41.3 Å². The predicted octanol–water partition coefficient (Wildman–Crippen LogP) is 3.36. The van der Waals surface area contributed by atoms with Crippen LogP contribution in [0.1, 0.15) is 16.1 Å². The van der Waals surface area contributed by atoms with E-state index in [1.807, 2.05) is 30.3 Å². The number of nitrogens with zero attached hydrogens (tertiary/aromatic N) is 4. The molecule has 2 aromatic carbocycles. The molecule has 1 aliphatic rings. The molecule has 0 radical (unpaired) electrons. The molecule has 2 heterocycles. The number of aryl methyl sites for hydroxylation is 1. The molecule has 0 spiro atoms. The van der Waals surface area contributed by atoms with E-state index in [-0.39, 0.29) is 5.91 Å². The van der Waals surface area contributed by atoms with Gasteiger partial charge in [0.2, 0.25) is 5.95 Å². The number of nitrogens with one attached hydrogen (secondary N) is 1. The van der Waals surface area contributed by atoms with E-state index in [9.17, 15) is 4.79 Å². The molecule has 1 aromatic heterocycles. The number of rotatable bonds is 4. The smallest absolute Gasteiger partial charge is 0.274 e. The SMILES string of the molecule is Cc1cccc(N2CCN(c3nccc(C(=O)Nc4ccccc4)n3)CC2)c1. The average Bonchev–Trinajstić information content (AvgIpc) is 2.75. The van der Waals surface area contributed by atoms with Crippen LogP contribution in [0.3, 0.4) is 0 Å². The van der Waals surface area contributed by atoms with Crippen molar-refractivity contribution in [1.29, 1.82) is 0 Å². The third kappa shape index (κ3) is 4.11. The zero-order chi connectivity index (χ0) is 19.3. The molecule has 0 atom stereocenters. The molecule has 1 fully saturated rings. The summed E-state index contributed by atoms with van der Waals surface area (Å²) >= 11 is 0. The monoisotopic (exact) mass is 373 g/mol. The van der Waals surface area contributed by atoms with Gasteiger partial charge in [0.25, 0.3) is 5.91 Å². The largest absolute Gasteiger partial charge is 0.368 e. The zero-order valence-corrected chi connectivity index (χ0v) is 15.9. The number of hydrogen-bond acceptors (Lipinski definition) is 5. The van der Waals surface area contributed by atoms with Crippen molar-refractivity contribution < 1.29 is 4.79 Å². The highest BCUT2D eigenvalue weighted by Crippen LogP contribution is 2.19. The maximum absolute atomic E-state index is 12.5. The molecular weight excluding hydrogens is 350 g/mol. The van der Waals surface area contributed by atoms with Gasteiger partial charge in [-0.3, -0.25) is 4.79 Å². The second-order valence-corrected chi connectivity index (χ2v) is 6.88. The van der Waals surface area contributed by atoms with Gasteiger partial charge in [-0.05, 0) is 42.8 Å². The molecule has 6 heteroatoms. The minimum atomic E-state index is -0.228. The van der Waals surface area contributed by atoms with E-state index in [4.69, 9.17) is 0 Å². The minimum absolute atomic E-state index is 0.228. The van der Waals surface area contributed by atoms with E-state index >= 15 is 0 Å². The Bertz CT molecular complexity index is 952. The fourth-order valence-electron chi connectivity index (χ4n) is 3.33. The molecule has 1 N–H and O–H groups in total. The van der Waals surface area contributed by atoms with Gasteiger partial charge < -0.3 is 15.1 Å². The molecule has 1 amide bonds. The van der Waals surface area contributed by atoms with Crippen LogP contribution in [0.5, 0.6) is 0 Å². The highest BCUT2D eigenvalue weighted by Gasteiger charge is 2.20. The number of carbonyl (C=O) groups is 1. The number of piperazine rings is 1. The van der Waals surface area contributed by atoms with E-state index in [0.29, 0.717) is 11.6 Å². The minimum Gasteiger partial charge on any atom is -0.368 e. The third-order valence-electron chi connectivity index (χ3n) is 4.84. The lowest BCUT2D eigenvalue weighted by molar-refractivity contribution is 0.102. The fraction of sp³-hybridized carbons (Fsp3) is 0.227. The van der Waals surface area contributed by atoms with Crippen LogP contribution in [0.4, 0.5) is 17.3 Å². The first-order chi connectivity index (χ1) is 13.7. The normalized spacial score (nSPS) is 14.0. The summed E-state index contributed by atoms with van der Waals surface area (Å²) in [6, 6.07) is 19.6. The second-order valence-electron chi connectivity index (χ2n) is 6.88. The van der Waals surface area contributed by atoms with Crippen molar-refractivity contribution in [3.8, 4) is 0 Å². The van der Waals surface area contributed by atoms with Crippen LogP contribution < -0.4 is 15.1 Å². The summed E-state index contributed by atoms with van der Waals surface area (Å²) in [5.74, 6) is 0.373. The Morgan fingerprint density at radius 2 is 1.68 bits per heavy atom. The maximum atomic E-state index is 12.5. The number of anilines is 3. The summed E-state index contributed by atoms with van der Waals surface area (Å²) in [6.07, 6.45) is 1.65. The molecule has 0 saturated carbocycles. The fourth-order valence-corrected chi connectivity index (χ4v) is 3.33. The second kappa shape index (κ2) is 8.08. The van der Waals surface area contributed by atoms with Gasteiger partial charge in [0.15, 0.2) is 0 Å². The van der Waals surface area contributed by atoms with Gasteiger partial charge >= 0.3 is 0 Å². The van der Waals surface area contributed by atoms with Crippen molar-refractivity contribution in [1.82, 2.24) is 9.97 Å². The molecule has 6 nitrogen and oxygen atoms in total. The topological polar surface area (TPSA) is 61.4 Å². The Kier molecular flexibility index (Phi) is 5.19. The predicted molar refractivity (Wildman–Crippen MR) is 112 cm³/mol. The van der Waals surface area contributed by atoms with Crippen LogP contribution in [-0.2, 0) is 0 Å². The maximum Gasteiger partial charge on any atom is 0.274 e. The van der Waals surface area contributed by atoms with Crippen molar-refractivity contribution in [3.63, 3.8) is 0 Å². The molecular formula is C22H23N5O. The lowest BCUT2D eigenvalue weighted by Gasteiger charge is -2.36. The van der Waals surface area contributed by atoms with Gasteiger partial charge in [-0.1, -0.05) is 30.3 Å². The quantitative estimate of drug-likeness (QED) is 0.760. The first-order valence-corrected chi connectivity index (χ1v) is 9.45. The Labute approximate surface area is 164 Å². The number of hydrogen-bond donors (Lipinski definition) is 1. The molecule has 3 aromatic rings. The number of aromatic nitrogens is 2. The van der Waals surface area contributed by atoms with Crippen LogP contribution in [-0.4, -0.2) is 42.1 Å². The highest BCUT2D eigenvalue weighted by atomic mass is 16.1. The number of benzene rings is 2. The first kappa shape index (κ1) is 18.0. The summed E-state index contributed by atoms with van der Waals surface area (Å²) in [6.45, 7) is 5.54. The van der Waals surface area contributed by atoms with Crippen molar-refractivity contribution in [2.24, 2.45) is 0 Å². The van der Waals surface area contributed by atoms with Crippen LogP contribution in [0.25, 0.3) is 0 Å². The zero-order valence-electron chi connectivity index (χ0n) is 15.9. The van der Waals surface area contributed by atoms with Crippen molar-refractivity contribution in [3.05, 3.63) is 78.1 Å². The van der Waals surface area contributed by atoms with E-state index in [2.05, 4.69) is 56.3 Å². The Morgan fingerprint density at radius 1 is 0.929 bits per heavy atom. The number of para-hydroxylation sites is 1. The van der Waals surface area contributed by atoms with Crippen LogP contribution in [0.15, 0.2) is 66.9 Å². The average molecular weight is 373 g/mol. The molecule has 4 rings (SSSR count). The van der Waals surface area contributed by atoms with Gasteiger partial charge in [0, 0.05) is 43.8 Å². The summed E-state index contributed by atoms with van der Waals surface area (Å²) in [5, 5.41) is 2.87. The van der Waals surface area contributed by atoms with E-state index in [1.54, 1.807) is 12.3 Å². The molecule has 28 heavy (non-hydrogen) atoms.